The van der Waals surface area contributed by atoms with E-state index in [1.165, 1.54) is 37.7 Å². The van der Waals surface area contributed by atoms with Gasteiger partial charge in [0.15, 0.2) is 6.10 Å². The smallest absolute Gasteiger partial charge is 0.265 e. The third kappa shape index (κ3) is 5.59. The molecule has 3 rings (SSSR count). The first-order valence-corrected chi connectivity index (χ1v) is 10.4. The van der Waals surface area contributed by atoms with Crippen LogP contribution >= 0.6 is 0 Å². The third-order valence-corrected chi connectivity index (χ3v) is 5.60. The van der Waals surface area contributed by atoms with Crippen LogP contribution in [0.15, 0.2) is 48.5 Å². The number of hydrogen-bond donors (Lipinski definition) is 1. The van der Waals surface area contributed by atoms with E-state index in [4.69, 9.17) is 4.74 Å². The number of ether oxygens (including phenoxy) is 1. The van der Waals surface area contributed by atoms with Gasteiger partial charge in [-0.3, -0.25) is 9.69 Å². The molecule has 1 unspecified atom stereocenters. The van der Waals surface area contributed by atoms with E-state index in [0.717, 1.165) is 17.8 Å². The molecule has 0 heterocycles. The van der Waals surface area contributed by atoms with Gasteiger partial charge in [0.2, 0.25) is 0 Å². The molecule has 0 aromatic heterocycles. The Morgan fingerprint density at radius 2 is 1.79 bits per heavy atom. The van der Waals surface area contributed by atoms with Gasteiger partial charge in [-0.05, 0) is 57.5 Å². The molecule has 1 atom stereocenters. The van der Waals surface area contributed by atoms with E-state index in [-0.39, 0.29) is 5.91 Å². The maximum atomic E-state index is 12.7. The highest BCUT2D eigenvalue weighted by atomic mass is 16.5. The Kier molecular flexibility index (Phi) is 7.10. The third-order valence-electron chi connectivity index (χ3n) is 5.60. The standard InChI is InChI=1S/C24H32N2O2/c1-18-13-15-22(16-14-18)28-19(2)24(27)25-23-12-8-7-9-20(23)17-26(3)21-10-5-4-6-11-21/h7-9,12-16,19,21H,4-6,10-11,17H2,1-3H3,(H,25,27). The largest absolute Gasteiger partial charge is 0.481 e. The summed E-state index contributed by atoms with van der Waals surface area (Å²) in [5.74, 6) is 0.576. The zero-order chi connectivity index (χ0) is 19.9. The number of rotatable bonds is 7. The van der Waals surface area contributed by atoms with Crippen LogP contribution < -0.4 is 10.1 Å². The van der Waals surface area contributed by atoms with E-state index in [1.807, 2.05) is 49.4 Å². The lowest BCUT2D eigenvalue weighted by molar-refractivity contribution is -0.122. The van der Waals surface area contributed by atoms with Crippen molar-refractivity contribution < 1.29 is 9.53 Å². The Balaban J connectivity index is 1.61. The molecular formula is C24H32N2O2. The second-order valence-corrected chi connectivity index (χ2v) is 7.93. The number of nitrogens with zero attached hydrogens (tertiary/aromatic N) is 1. The minimum Gasteiger partial charge on any atom is -0.481 e. The summed E-state index contributed by atoms with van der Waals surface area (Å²) >= 11 is 0. The normalized spacial score (nSPS) is 16.0. The Bertz CT molecular complexity index is 766. The summed E-state index contributed by atoms with van der Waals surface area (Å²) in [5, 5.41) is 3.06. The average molecular weight is 381 g/mol. The first-order valence-electron chi connectivity index (χ1n) is 10.4. The molecule has 4 nitrogen and oxygen atoms in total. The van der Waals surface area contributed by atoms with Crippen molar-refractivity contribution in [2.45, 2.75) is 64.6 Å². The van der Waals surface area contributed by atoms with Gasteiger partial charge in [-0.1, -0.05) is 55.2 Å². The molecule has 1 N–H and O–H groups in total. The molecule has 1 aliphatic rings. The zero-order valence-corrected chi connectivity index (χ0v) is 17.3. The molecular weight excluding hydrogens is 348 g/mol. The quantitative estimate of drug-likeness (QED) is 0.721. The van der Waals surface area contributed by atoms with Gasteiger partial charge in [-0.15, -0.1) is 0 Å². The molecule has 150 valence electrons. The van der Waals surface area contributed by atoms with E-state index in [9.17, 15) is 4.79 Å². The van der Waals surface area contributed by atoms with Crippen molar-refractivity contribution in [1.29, 1.82) is 0 Å². The Morgan fingerprint density at radius 3 is 2.50 bits per heavy atom. The molecule has 2 aromatic rings. The summed E-state index contributed by atoms with van der Waals surface area (Å²) in [6.45, 7) is 4.65. The Hall–Kier alpha value is -2.33. The van der Waals surface area contributed by atoms with Crippen LogP contribution in [-0.4, -0.2) is 30.0 Å². The lowest BCUT2D eigenvalue weighted by Crippen LogP contribution is -2.34. The Labute approximate surface area is 168 Å². The monoisotopic (exact) mass is 380 g/mol. The highest BCUT2D eigenvalue weighted by Crippen LogP contribution is 2.25. The van der Waals surface area contributed by atoms with Crippen LogP contribution in [0.25, 0.3) is 0 Å². The molecule has 28 heavy (non-hydrogen) atoms. The van der Waals surface area contributed by atoms with Crippen molar-refractivity contribution >= 4 is 11.6 Å². The van der Waals surface area contributed by atoms with E-state index < -0.39 is 6.10 Å². The van der Waals surface area contributed by atoms with E-state index in [0.29, 0.717) is 11.8 Å². The molecule has 0 spiro atoms. The van der Waals surface area contributed by atoms with Gasteiger partial charge in [-0.2, -0.15) is 0 Å². The predicted octanol–water partition coefficient (Wildman–Crippen LogP) is 5.17. The second kappa shape index (κ2) is 9.74. The fourth-order valence-corrected chi connectivity index (χ4v) is 3.81. The summed E-state index contributed by atoms with van der Waals surface area (Å²) in [6, 6.07) is 16.5. The van der Waals surface area contributed by atoms with Gasteiger partial charge in [0.25, 0.3) is 5.91 Å². The number of amides is 1. The zero-order valence-electron chi connectivity index (χ0n) is 17.3. The van der Waals surface area contributed by atoms with Gasteiger partial charge in [0.05, 0.1) is 0 Å². The van der Waals surface area contributed by atoms with Gasteiger partial charge >= 0.3 is 0 Å². The fourth-order valence-electron chi connectivity index (χ4n) is 3.81. The van der Waals surface area contributed by atoms with Crippen LogP contribution in [0.2, 0.25) is 0 Å². The molecule has 0 aliphatic heterocycles. The van der Waals surface area contributed by atoms with E-state index >= 15 is 0 Å². The van der Waals surface area contributed by atoms with Crippen molar-refractivity contribution in [3.8, 4) is 5.75 Å². The topological polar surface area (TPSA) is 41.6 Å². The van der Waals surface area contributed by atoms with Gasteiger partial charge in [0.1, 0.15) is 5.75 Å². The van der Waals surface area contributed by atoms with Crippen molar-refractivity contribution in [3.05, 3.63) is 59.7 Å². The van der Waals surface area contributed by atoms with Crippen LogP contribution in [0.1, 0.15) is 50.2 Å². The molecule has 0 bridgehead atoms. The van der Waals surface area contributed by atoms with Crippen LogP contribution in [0.3, 0.4) is 0 Å². The van der Waals surface area contributed by atoms with E-state index in [2.05, 4.69) is 23.3 Å². The number of aryl methyl sites for hydroxylation is 1. The minimum atomic E-state index is -0.563. The van der Waals surface area contributed by atoms with Crippen molar-refractivity contribution in [2.75, 3.05) is 12.4 Å². The SMILES string of the molecule is Cc1ccc(OC(C)C(=O)Nc2ccccc2CN(C)C2CCCCC2)cc1. The van der Waals surface area contributed by atoms with Crippen molar-refractivity contribution in [2.24, 2.45) is 0 Å². The van der Waals surface area contributed by atoms with E-state index in [1.54, 1.807) is 6.92 Å². The molecule has 1 saturated carbocycles. The first-order chi connectivity index (χ1) is 13.5. The molecule has 0 radical (unpaired) electrons. The number of benzene rings is 2. The van der Waals surface area contributed by atoms with Gasteiger partial charge in [-0.25, -0.2) is 0 Å². The number of anilines is 1. The van der Waals surface area contributed by atoms with Crippen LogP contribution in [-0.2, 0) is 11.3 Å². The lowest BCUT2D eigenvalue weighted by atomic mass is 9.94. The number of carbonyl (C=O) groups is 1. The average Bonchev–Trinajstić information content (AvgIpc) is 2.71. The first kappa shape index (κ1) is 20.4. The maximum absolute atomic E-state index is 12.7. The summed E-state index contributed by atoms with van der Waals surface area (Å²) in [4.78, 5) is 15.1. The fraction of sp³-hybridized carbons (Fsp3) is 0.458. The Morgan fingerprint density at radius 1 is 1.11 bits per heavy atom. The number of hydrogen-bond acceptors (Lipinski definition) is 3. The highest BCUT2D eigenvalue weighted by Gasteiger charge is 2.20. The van der Waals surface area contributed by atoms with Gasteiger partial charge in [0, 0.05) is 18.3 Å². The summed E-state index contributed by atoms with van der Waals surface area (Å²) in [7, 11) is 2.19. The van der Waals surface area contributed by atoms with Gasteiger partial charge < -0.3 is 10.1 Å². The minimum absolute atomic E-state index is 0.131. The number of para-hydroxylation sites is 1. The molecule has 1 fully saturated rings. The van der Waals surface area contributed by atoms with Crippen molar-refractivity contribution in [1.82, 2.24) is 4.90 Å². The lowest BCUT2D eigenvalue weighted by Gasteiger charge is -2.31. The number of nitrogens with one attached hydrogen (secondary N) is 1. The predicted molar refractivity (Wildman–Crippen MR) is 115 cm³/mol. The summed E-state index contributed by atoms with van der Waals surface area (Å²) in [5.41, 5.74) is 3.18. The summed E-state index contributed by atoms with van der Waals surface area (Å²) < 4.78 is 5.80. The molecule has 4 heteroatoms. The van der Waals surface area contributed by atoms with Crippen LogP contribution in [0, 0.1) is 6.92 Å². The molecule has 2 aromatic carbocycles. The molecule has 0 saturated heterocycles. The summed E-state index contributed by atoms with van der Waals surface area (Å²) in [6.07, 6.45) is 5.98. The van der Waals surface area contributed by atoms with Crippen molar-refractivity contribution in [3.63, 3.8) is 0 Å². The molecule has 1 aliphatic carbocycles. The maximum Gasteiger partial charge on any atom is 0.265 e. The van der Waals surface area contributed by atoms with Crippen LogP contribution in [0.4, 0.5) is 5.69 Å². The highest BCUT2D eigenvalue weighted by molar-refractivity contribution is 5.94. The second-order valence-electron chi connectivity index (χ2n) is 7.93. The molecule has 1 amide bonds. The van der Waals surface area contributed by atoms with Crippen LogP contribution in [0.5, 0.6) is 5.75 Å². The number of carbonyl (C=O) groups excluding carboxylic acids is 1.